The number of anilines is 1. The number of benzene rings is 2. The Morgan fingerprint density at radius 2 is 1.64 bits per heavy atom. The Hall–Kier alpha value is -2.54. The van der Waals surface area contributed by atoms with Crippen LogP contribution in [0.1, 0.15) is 11.1 Å². The fourth-order valence-electron chi connectivity index (χ4n) is 1.84. The summed E-state index contributed by atoms with van der Waals surface area (Å²) in [7, 11) is 0. The summed E-state index contributed by atoms with van der Waals surface area (Å²) in [5, 5.41) is 13.7. The van der Waals surface area contributed by atoms with E-state index in [9.17, 15) is 18.0 Å². The molecular formula is C15H13F3N2O2. The van der Waals surface area contributed by atoms with Gasteiger partial charge in [0.1, 0.15) is 5.82 Å². The second kappa shape index (κ2) is 6.95. The first-order valence-electron chi connectivity index (χ1n) is 6.38. The van der Waals surface area contributed by atoms with Crippen molar-refractivity contribution in [2.24, 2.45) is 0 Å². The molecule has 0 aliphatic heterocycles. The Kier molecular flexibility index (Phi) is 5.00. The average molecular weight is 310 g/mol. The standard InChI is InChI=1S/C15H13F3N2O2/c16-11-5-13(18)14(6-12(11)17)20-15(22)19-7-9-3-1-2-4-10(9)8-21/h1-6,21H,7-8H2,(H2,19,20,22). The second-order valence-electron chi connectivity index (χ2n) is 4.48. The summed E-state index contributed by atoms with van der Waals surface area (Å²) in [5.41, 5.74) is 0.861. The maximum Gasteiger partial charge on any atom is 0.319 e. The number of hydrogen-bond acceptors (Lipinski definition) is 2. The van der Waals surface area contributed by atoms with Crippen molar-refractivity contribution in [3.8, 4) is 0 Å². The van der Waals surface area contributed by atoms with E-state index < -0.39 is 29.2 Å². The summed E-state index contributed by atoms with van der Waals surface area (Å²) in [6, 6.07) is 7.03. The topological polar surface area (TPSA) is 61.4 Å². The molecule has 0 spiro atoms. The molecule has 0 fully saturated rings. The van der Waals surface area contributed by atoms with E-state index in [0.29, 0.717) is 23.3 Å². The Morgan fingerprint density at radius 3 is 2.32 bits per heavy atom. The lowest BCUT2D eigenvalue weighted by Crippen LogP contribution is -2.29. The molecule has 3 N–H and O–H groups in total. The van der Waals surface area contributed by atoms with Crippen LogP contribution >= 0.6 is 0 Å². The number of urea groups is 1. The van der Waals surface area contributed by atoms with Crippen LogP contribution in [0.5, 0.6) is 0 Å². The molecule has 0 radical (unpaired) electrons. The lowest BCUT2D eigenvalue weighted by molar-refractivity contribution is 0.251. The smallest absolute Gasteiger partial charge is 0.319 e. The van der Waals surface area contributed by atoms with Gasteiger partial charge in [-0.3, -0.25) is 0 Å². The van der Waals surface area contributed by atoms with Gasteiger partial charge in [-0.2, -0.15) is 0 Å². The van der Waals surface area contributed by atoms with E-state index in [1.165, 1.54) is 0 Å². The van der Waals surface area contributed by atoms with Crippen molar-refractivity contribution in [3.05, 3.63) is 65.0 Å². The maximum atomic E-state index is 13.4. The molecule has 4 nitrogen and oxygen atoms in total. The quantitative estimate of drug-likeness (QED) is 0.760. The third-order valence-corrected chi connectivity index (χ3v) is 2.99. The molecule has 2 aromatic carbocycles. The lowest BCUT2D eigenvalue weighted by Gasteiger charge is -2.11. The first-order chi connectivity index (χ1) is 10.5. The van der Waals surface area contributed by atoms with E-state index in [0.717, 1.165) is 0 Å². The second-order valence-corrected chi connectivity index (χ2v) is 4.48. The zero-order chi connectivity index (χ0) is 16.1. The Morgan fingerprint density at radius 1 is 1.00 bits per heavy atom. The van der Waals surface area contributed by atoms with Crippen LogP contribution in [0.15, 0.2) is 36.4 Å². The first-order valence-corrected chi connectivity index (χ1v) is 6.38. The predicted molar refractivity (Wildman–Crippen MR) is 74.5 cm³/mol. The molecule has 0 aromatic heterocycles. The van der Waals surface area contributed by atoms with E-state index in [1.807, 2.05) is 0 Å². The van der Waals surface area contributed by atoms with Crippen LogP contribution in [0.25, 0.3) is 0 Å². The summed E-state index contributed by atoms with van der Waals surface area (Å²) in [4.78, 5) is 11.7. The van der Waals surface area contributed by atoms with Gasteiger partial charge in [0.25, 0.3) is 0 Å². The SMILES string of the molecule is O=C(NCc1ccccc1CO)Nc1cc(F)c(F)cc1F. The average Bonchev–Trinajstić information content (AvgIpc) is 2.51. The third-order valence-electron chi connectivity index (χ3n) is 2.99. The van der Waals surface area contributed by atoms with E-state index in [-0.39, 0.29) is 13.2 Å². The number of carbonyl (C=O) groups is 1. The number of nitrogens with one attached hydrogen (secondary N) is 2. The van der Waals surface area contributed by atoms with E-state index >= 15 is 0 Å². The van der Waals surface area contributed by atoms with Crippen molar-refractivity contribution in [1.29, 1.82) is 0 Å². The first kappa shape index (κ1) is 15.8. The van der Waals surface area contributed by atoms with Gasteiger partial charge in [0.2, 0.25) is 0 Å². The van der Waals surface area contributed by atoms with Gasteiger partial charge in [0.15, 0.2) is 11.6 Å². The zero-order valence-electron chi connectivity index (χ0n) is 11.4. The predicted octanol–water partition coefficient (Wildman–Crippen LogP) is 2.92. The van der Waals surface area contributed by atoms with Crippen LogP contribution in [-0.4, -0.2) is 11.1 Å². The van der Waals surface area contributed by atoms with Crippen LogP contribution in [-0.2, 0) is 13.2 Å². The van der Waals surface area contributed by atoms with Crippen LogP contribution in [0.4, 0.5) is 23.7 Å². The van der Waals surface area contributed by atoms with Crippen molar-refractivity contribution in [2.45, 2.75) is 13.2 Å². The van der Waals surface area contributed by atoms with Crippen molar-refractivity contribution in [3.63, 3.8) is 0 Å². The third kappa shape index (κ3) is 3.76. The van der Waals surface area contributed by atoms with Crippen molar-refractivity contribution >= 4 is 11.7 Å². The fraction of sp³-hybridized carbons (Fsp3) is 0.133. The highest BCUT2D eigenvalue weighted by Gasteiger charge is 2.12. The lowest BCUT2D eigenvalue weighted by atomic mass is 10.1. The highest BCUT2D eigenvalue weighted by atomic mass is 19.2. The van der Waals surface area contributed by atoms with Gasteiger partial charge in [0.05, 0.1) is 12.3 Å². The number of hydrogen-bond donors (Lipinski definition) is 3. The number of amides is 2. The van der Waals surface area contributed by atoms with Gasteiger partial charge in [-0.1, -0.05) is 24.3 Å². The minimum absolute atomic E-state index is 0.0911. The molecule has 2 amide bonds. The van der Waals surface area contributed by atoms with Gasteiger partial charge in [-0.05, 0) is 11.1 Å². The van der Waals surface area contributed by atoms with Crippen LogP contribution < -0.4 is 10.6 Å². The van der Waals surface area contributed by atoms with Crippen molar-refractivity contribution in [1.82, 2.24) is 5.32 Å². The molecular weight excluding hydrogens is 297 g/mol. The van der Waals surface area contributed by atoms with E-state index in [1.54, 1.807) is 24.3 Å². The molecule has 0 atom stereocenters. The summed E-state index contributed by atoms with van der Waals surface area (Å²) in [6.45, 7) is -0.0921. The number of aliphatic hydroxyl groups is 1. The Labute approximate surface area is 124 Å². The number of carbonyl (C=O) groups excluding carboxylic acids is 1. The number of rotatable bonds is 4. The van der Waals surface area contributed by atoms with Crippen LogP contribution in [0, 0.1) is 17.5 Å². The molecule has 2 aromatic rings. The molecule has 0 bridgehead atoms. The van der Waals surface area contributed by atoms with E-state index in [4.69, 9.17) is 5.11 Å². The van der Waals surface area contributed by atoms with Gasteiger partial charge < -0.3 is 15.7 Å². The molecule has 0 aliphatic rings. The minimum Gasteiger partial charge on any atom is -0.392 e. The monoisotopic (exact) mass is 310 g/mol. The largest absolute Gasteiger partial charge is 0.392 e. The molecule has 0 aliphatic carbocycles. The molecule has 22 heavy (non-hydrogen) atoms. The molecule has 0 unspecified atom stereocenters. The van der Waals surface area contributed by atoms with Gasteiger partial charge in [0, 0.05) is 18.7 Å². The summed E-state index contributed by atoms with van der Waals surface area (Å²) in [6.07, 6.45) is 0. The Bertz CT molecular complexity index is 692. The van der Waals surface area contributed by atoms with Crippen molar-refractivity contribution < 1.29 is 23.1 Å². The van der Waals surface area contributed by atoms with Crippen LogP contribution in [0.2, 0.25) is 0 Å². The molecule has 0 saturated carbocycles. The molecule has 0 heterocycles. The summed E-state index contributed by atoms with van der Waals surface area (Å²) in [5.74, 6) is -3.67. The van der Waals surface area contributed by atoms with Crippen LogP contribution in [0.3, 0.4) is 0 Å². The van der Waals surface area contributed by atoms with Gasteiger partial charge >= 0.3 is 6.03 Å². The minimum atomic E-state index is -1.33. The van der Waals surface area contributed by atoms with Crippen molar-refractivity contribution in [2.75, 3.05) is 5.32 Å². The zero-order valence-corrected chi connectivity index (χ0v) is 11.4. The molecule has 116 valence electrons. The summed E-state index contributed by atoms with van der Waals surface area (Å²) < 4.78 is 39.2. The van der Waals surface area contributed by atoms with Gasteiger partial charge in [-0.25, -0.2) is 18.0 Å². The highest BCUT2D eigenvalue weighted by Crippen LogP contribution is 2.18. The maximum absolute atomic E-state index is 13.4. The van der Waals surface area contributed by atoms with E-state index in [2.05, 4.69) is 10.6 Å². The highest BCUT2D eigenvalue weighted by molar-refractivity contribution is 5.89. The molecule has 0 saturated heterocycles. The summed E-state index contributed by atoms with van der Waals surface area (Å²) >= 11 is 0. The number of halogens is 3. The van der Waals surface area contributed by atoms with Gasteiger partial charge in [-0.15, -0.1) is 0 Å². The normalized spacial score (nSPS) is 10.4. The number of aliphatic hydroxyl groups excluding tert-OH is 1. The molecule has 7 heteroatoms. The Balaban J connectivity index is 2.00. The fourth-order valence-corrected chi connectivity index (χ4v) is 1.84. The molecule has 2 rings (SSSR count).